The fourth-order valence-corrected chi connectivity index (χ4v) is 5.56. The molecule has 0 aromatic heterocycles. The van der Waals surface area contributed by atoms with Gasteiger partial charge in [0.25, 0.3) is 0 Å². The van der Waals surface area contributed by atoms with Crippen LogP contribution in [0.4, 0.5) is 0 Å². The van der Waals surface area contributed by atoms with Crippen LogP contribution in [0.1, 0.15) is 26.2 Å². The van der Waals surface area contributed by atoms with E-state index in [0.29, 0.717) is 57.4 Å². The molecule has 0 spiro atoms. The molecule has 2 fully saturated rings. The molecule has 2 unspecified atom stereocenters. The summed E-state index contributed by atoms with van der Waals surface area (Å²) < 4.78 is 44.5. The molecule has 0 aliphatic carbocycles. The van der Waals surface area contributed by atoms with E-state index in [1.165, 1.54) is 4.31 Å². The van der Waals surface area contributed by atoms with Crippen molar-refractivity contribution < 1.29 is 27.4 Å². The van der Waals surface area contributed by atoms with Crippen molar-refractivity contribution >= 4 is 15.9 Å². The highest BCUT2D eigenvalue weighted by molar-refractivity contribution is 7.89. The quantitative estimate of drug-likeness (QED) is 0.682. The number of nitrogens with zero attached hydrogens (tertiary/aromatic N) is 2. The number of amides is 1. The van der Waals surface area contributed by atoms with E-state index >= 15 is 0 Å². The molecule has 4 rings (SSSR count). The van der Waals surface area contributed by atoms with Crippen molar-refractivity contribution in [2.45, 2.75) is 43.2 Å². The van der Waals surface area contributed by atoms with Crippen LogP contribution >= 0.6 is 0 Å². The number of ether oxygens (including phenoxy) is 3. The van der Waals surface area contributed by atoms with Gasteiger partial charge in [-0.05, 0) is 31.9 Å². The topological polar surface area (TPSA) is 97.4 Å². The van der Waals surface area contributed by atoms with Crippen LogP contribution in [0.2, 0.25) is 0 Å². The normalized spacial score (nSPS) is 23.8. The summed E-state index contributed by atoms with van der Waals surface area (Å²) in [4.78, 5) is 14.7. The number of nitrogens with one attached hydrogen (secondary N) is 1. The fourth-order valence-electron chi connectivity index (χ4n) is 4.12. The Kier molecular flexibility index (Phi) is 7.00. The van der Waals surface area contributed by atoms with Crippen LogP contribution in [0, 0.1) is 0 Å². The standard InChI is InChI=1S/C21H31N3O6S/c1-16(21(25)22-15-17-4-2-11-28-17)23-7-9-24(10-8-23)31(26,27)18-5-6-19-20(14-18)30-13-3-12-29-19/h5-6,14,16-17H,2-4,7-13,15H2,1H3,(H,22,25). The number of hydrogen-bond acceptors (Lipinski definition) is 7. The second-order valence-electron chi connectivity index (χ2n) is 8.16. The van der Waals surface area contributed by atoms with Crippen molar-refractivity contribution in [2.75, 3.05) is 52.5 Å². The maximum Gasteiger partial charge on any atom is 0.243 e. The van der Waals surface area contributed by atoms with Crippen molar-refractivity contribution in [1.29, 1.82) is 0 Å². The summed E-state index contributed by atoms with van der Waals surface area (Å²) in [5.41, 5.74) is 0. The van der Waals surface area contributed by atoms with Crippen LogP contribution in [0.3, 0.4) is 0 Å². The lowest BCUT2D eigenvalue weighted by atomic mass is 10.2. The first-order chi connectivity index (χ1) is 14.9. The molecule has 10 heteroatoms. The summed E-state index contributed by atoms with van der Waals surface area (Å²) in [6.45, 7) is 5.87. The van der Waals surface area contributed by atoms with E-state index < -0.39 is 10.0 Å². The summed E-state index contributed by atoms with van der Waals surface area (Å²) in [5, 5.41) is 2.96. The van der Waals surface area contributed by atoms with Crippen LogP contribution in [0.25, 0.3) is 0 Å². The monoisotopic (exact) mass is 453 g/mol. The van der Waals surface area contributed by atoms with E-state index in [2.05, 4.69) is 5.32 Å². The summed E-state index contributed by atoms with van der Waals surface area (Å²) in [7, 11) is -3.64. The van der Waals surface area contributed by atoms with Gasteiger partial charge < -0.3 is 19.5 Å². The molecule has 2 atom stereocenters. The molecule has 0 saturated carbocycles. The number of sulfonamides is 1. The molecule has 3 aliphatic heterocycles. The Morgan fingerprint density at radius 1 is 1.10 bits per heavy atom. The molecule has 3 aliphatic rings. The third-order valence-electron chi connectivity index (χ3n) is 6.09. The predicted octanol–water partition coefficient (Wildman–Crippen LogP) is 0.838. The molecule has 0 bridgehead atoms. The number of piperazine rings is 1. The van der Waals surface area contributed by atoms with Gasteiger partial charge in [0, 0.05) is 51.8 Å². The molecule has 1 N–H and O–H groups in total. The highest BCUT2D eigenvalue weighted by Crippen LogP contribution is 2.33. The largest absolute Gasteiger partial charge is 0.490 e. The lowest BCUT2D eigenvalue weighted by Gasteiger charge is -2.36. The zero-order valence-corrected chi connectivity index (χ0v) is 18.7. The van der Waals surface area contributed by atoms with Gasteiger partial charge in [-0.3, -0.25) is 9.69 Å². The minimum Gasteiger partial charge on any atom is -0.490 e. The van der Waals surface area contributed by atoms with Gasteiger partial charge in [0.05, 0.1) is 30.3 Å². The number of fused-ring (bicyclic) bond motifs is 1. The fraction of sp³-hybridized carbons (Fsp3) is 0.667. The van der Waals surface area contributed by atoms with Gasteiger partial charge in [0.15, 0.2) is 11.5 Å². The van der Waals surface area contributed by atoms with E-state index in [1.807, 2.05) is 11.8 Å². The maximum absolute atomic E-state index is 13.1. The third kappa shape index (κ3) is 5.14. The zero-order chi connectivity index (χ0) is 21.8. The van der Waals surface area contributed by atoms with Gasteiger partial charge in [-0.15, -0.1) is 0 Å². The lowest BCUT2D eigenvalue weighted by molar-refractivity contribution is -0.126. The van der Waals surface area contributed by atoms with E-state index in [4.69, 9.17) is 14.2 Å². The van der Waals surface area contributed by atoms with Crippen molar-refractivity contribution in [2.24, 2.45) is 0 Å². The Morgan fingerprint density at radius 2 is 1.84 bits per heavy atom. The molecular weight excluding hydrogens is 422 g/mol. The van der Waals surface area contributed by atoms with Crippen molar-refractivity contribution in [3.05, 3.63) is 18.2 Å². The van der Waals surface area contributed by atoms with Gasteiger partial charge in [-0.2, -0.15) is 4.31 Å². The summed E-state index contributed by atoms with van der Waals surface area (Å²) in [5.74, 6) is 0.993. The highest BCUT2D eigenvalue weighted by Gasteiger charge is 2.32. The first-order valence-electron chi connectivity index (χ1n) is 11.0. The summed E-state index contributed by atoms with van der Waals surface area (Å²) >= 11 is 0. The van der Waals surface area contributed by atoms with E-state index in [9.17, 15) is 13.2 Å². The molecule has 2 saturated heterocycles. The zero-order valence-electron chi connectivity index (χ0n) is 17.9. The molecule has 1 aromatic rings. The summed E-state index contributed by atoms with van der Waals surface area (Å²) in [6.07, 6.45) is 2.88. The second-order valence-corrected chi connectivity index (χ2v) is 10.1. The van der Waals surface area contributed by atoms with E-state index in [0.717, 1.165) is 25.9 Å². The minimum absolute atomic E-state index is 0.0466. The van der Waals surface area contributed by atoms with Crippen molar-refractivity contribution in [1.82, 2.24) is 14.5 Å². The van der Waals surface area contributed by atoms with Crippen LogP contribution in [-0.2, 0) is 19.6 Å². The summed E-state index contributed by atoms with van der Waals surface area (Å²) in [6, 6.07) is 4.45. The Balaban J connectivity index is 1.33. The smallest absolute Gasteiger partial charge is 0.243 e. The minimum atomic E-state index is -3.64. The third-order valence-corrected chi connectivity index (χ3v) is 7.98. The van der Waals surface area contributed by atoms with Crippen LogP contribution in [0.5, 0.6) is 11.5 Å². The van der Waals surface area contributed by atoms with Gasteiger partial charge in [0.1, 0.15) is 0 Å². The van der Waals surface area contributed by atoms with E-state index in [1.54, 1.807) is 18.2 Å². The Hall–Kier alpha value is -1.88. The Morgan fingerprint density at radius 3 is 2.55 bits per heavy atom. The number of carbonyl (C=O) groups is 1. The lowest BCUT2D eigenvalue weighted by Crippen LogP contribution is -2.55. The SMILES string of the molecule is CC(C(=O)NCC1CCCO1)N1CCN(S(=O)(=O)c2ccc3c(c2)OCCCO3)CC1. The first kappa shape index (κ1) is 22.3. The molecular formula is C21H31N3O6S. The van der Waals surface area contributed by atoms with Gasteiger partial charge in [-0.25, -0.2) is 8.42 Å². The molecule has 1 aromatic carbocycles. The molecule has 0 radical (unpaired) electrons. The maximum atomic E-state index is 13.1. The van der Waals surface area contributed by atoms with Crippen LogP contribution < -0.4 is 14.8 Å². The Labute approximate surface area is 183 Å². The number of carbonyl (C=O) groups excluding carboxylic acids is 1. The molecule has 9 nitrogen and oxygen atoms in total. The molecule has 3 heterocycles. The Bertz CT molecular complexity index is 879. The number of benzene rings is 1. The number of rotatable bonds is 6. The van der Waals surface area contributed by atoms with Gasteiger partial charge in [-0.1, -0.05) is 0 Å². The molecule has 31 heavy (non-hydrogen) atoms. The van der Waals surface area contributed by atoms with E-state index in [-0.39, 0.29) is 22.9 Å². The van der Waals surface area contributed by atoms with Crippen molar-refractivity contribution in [3.63, 3.8) is 0 Å². The van der Waals surface area contributed by atoms with Crippen LogP contribution in [0.15, 0.2) is 23.1 Å². The van der Waals surface area contributed by atoms with Gasteiger partial charge in [0.2, 0.25) is 15.9 Å². The average Bonchev–Trinajstić information content (AvgIpc) is 3.20. The average molecular weight is 454 g/mol. The number of hydrogen-bond donors (Lipinski definition) is 1. The van der Waals surface area contributed by atoms with Crippen LogP contribution in [-0.4, -0.2) is 88.2 Å². The van der Waals surface area contributed by atoms with Crippen molar-refractivity contribution in [3.8, 4) is 11.5 Å². The second kappa shape index (κ2) is 9.72. The predicted molar refractivity (Wildman–Crippen MR) is 114 cm³/mol. The molecule has 172 valence electrons. The van der Waals surface area contributed by atoms with Gasteiger partial charge >= 0.3 is 0 Å². The first-order valence-corrected chi connectivity index (χ1v) is 12.4. The molecule has 1 amide bonds. The highest BCUT2D eigenvalue weighted by atomic mass is 32.2.